The van der Waals surface area contributed by atoms with Gasteiger partial charge in [-0.25, -0.2) is 4.98 Å². The molecule has 1 unspecified atom stereocenters. The van der Waals surface area contributed by atoms with Gasteiger partial charge in [0.1, 0.15) is 5.82 Å². The summed E-state index contributed by atoms with van der Waals surface area (Å²) < 4.78 is 0. The standard InChI is InChI=1S/C15H19N3/c1-11(16)14-8-9-15(18-12(14)2)17-10-13-6-4-3-5-7-13/h3-9,11H,10,16H2,1-2H3,(H,17,18). The number of nitrogens with one attached hydrogen (secondary N) is 1. The van der Waals surface area contributed by atoms with Gasteiger partial charge in [0.25, 0.3) is 0 Å². The summed E-state index contributed by atoms with van der Waals surface area (Å²) in [5, 5.41) is 3.32. The molecular weight excluding hydrogens is 222 g/mol. The second-order valence-electron chi connectivity index (χ2n) is 4.50. The molecule has 1 atom stereocenters. The lowest BCUT2D eigenvalue weighted by atomic mass is 10.1. The normalized spacial score (nSPS) is 12.2. The Morgan fingerprint density at radius 2 is 1.89 bits per heavy atom. The number of nitrogens with zero attached hydrogens (tertiary/aromatic N) is 1. The average molecular weight is 241 g/mol. The van der Waals surface area contributed by atoms with Crippen LogP contribution in [-0.2, 0) is 6.54 Å². The van der Waals surface area contributed by atoms with Crippen LogP contribution in [0.25, 0.3) is 0 Å². The third-order valence-electron chi connectivity index (χ3n) is 2.93. The third-order valence-corrected chi connectivity index (χ3v) is 2.93. The highest BCUT2D eigenvalue weighted by atomic mass is 15.0. The first-order chi connectivity index (χ1) is 8.66. The highest BCUT2D eigenvalue weighted by Crippen LogP contribution is 2.16. The first-order valence-electron chi connectivity index (χ1n) is 6.18. The molecule has 0 aliphatic rings. The molecule has 1 aromatic carbocycles. The Labute approximate surface area is 108 Å². The maximum atomic E-state index is 5.87. The molecule has 18 heavy (non-hydrogen) atoms. The number of hydrogen-bond acceptors (Lipinski definition) is 3. The largest absolute Gasteiger partial charge is 0.366 e. The molecule has 3 nitrogen and oxygen atoms in total. The number of anilines is 1. The van der Waals surface area contributed by atoms with Crippen molar-refractivity contribution in [2.45, 2.75) is 26.4 Å². The molecule has 0 amide bonds. The van der Waals surface area contributed by atoms with Crippen LogP contribution in [-0.4, -0.2) is 4.98 Å². The Morgan fingerprint density at radius 1 is 1.17 bits per heavy atom. The van der Waals surface area contributed by atoms with Gasteiger partial charge in [0, 0.05) is 18.3 Å². The SMILES string of the molecule is Cc1nc(NCc2ccccc2)ccc1C(C)N. The fourth-order valence-electron chi connectivity index (χ4n) is 1.94. The molecule has 3 heteroatoms. The van der Waals surface area contributed by atoms with Crippen LogP contribution in [0.2, 0.25) is 0 Å². The second-order valence-corrected chi connectivity index (χ2v) is 4.50. The van der Waals surface area contributed by atoms with Gasteiger partial charge in [-0.15, -0.1) is 0 Å². The van der Waals surface area contributed by atoms with E-state index in [9.17, 15) is 0 Å². The highest BCUT2D eigenvalue weighted by molar-refractivity contribution is 5.40. The Hall–Kier alpha value is -1.87. The molecule has 2 aromatic rings. The van der Waals surface area contributed by atoms with Gasteiger partial charge in [-0.3, -0.25) is 0 Å². The summed E-state index contributed by atoms with van der Waals surface area (Å²) in [5.74, 6) is 0.890. The summed E-state index contributed by atoms with van der Waals surface area (Å²) in [4.78, 5) is 4.52. The quantitative estimate of drug-likeness (QED) is 0.865. The first kappa shape index (κ1) is 12.6. The summed E-state index contributed by atoms with van der Waals surface area (Å²) in [7, 11) is 0. The molecular formula is C15H19N3. The van der Waals surface area contributed by atoms with Crippen molar-refractivity contribution in [2.24, 2.45) is 5.73 Å². The number of rotatable bonds is 4. The van der Waals surface area contributed by atoms with Gasteiger partial charge in [-0.05, 0) is 31.0 Å². The molecule has 3 N–H and O–H groups in total. The van der Waals surface area contributed by atoms with Gasteiger partial charge in [0.2, 0.25) is 0 Å². The minimum absolute atomic E-state index is 0.0284. The van der Waals surface area contributed by atoms with Crippen LogP contribution in [0.15, 0.2) is 42.5 Å². The van der Waals surface area contributed by atoms with E-state index < -0.39 is 0 Å². The number of nitrogens with two attached hydrogens (primary N) is 1. The van der Waals surface area contributed by atoms with Crippen molar-refractivity contribution in [1.82, 2.24) is 4.98 Å². The molecule has 0 aliphatic heterocycles. The number of hydrogen-bond donors (Lipinski definition) is 2. The van der Waals surface area contributed by atoms with E-state index in [4.69, 9.17) is 5.73 Å². The summed E-state index contributed by atoms with van der Waals surface area (Å²) in [5.41, 5.74) is 9.20. The van der Waals surface area contributed by atoms with Crippen LogP contribution in [0.4, 0.5) is 5.82 Å². The van der Waals surface area contributed by atoms with Crippen molar-refractivity contribution in [3.63, 3.8) is 0 Å². The minimum Gasteiger partial charge on any atom is -0.366 e. The zero-order valence-electron chi connectivity index (χ0n) is 10.9. The maximum Gasteiger partial charge on any atom is 0.126 e. The lowest BCUT2D eigenvalue weighted by Gasteiger charge is -2.11. The zero-order valence-corrected chi connectivity index (χ0v) is 10.9. The highest BCUT2D eigenvalue weighted by Gasteiger charge is 2.05. The van der Waals surface area contributed by atoms with Gasteiger partial charge in [-0.1, -0.05) is 36.4 Å². The molecule has 2 rings (SSSR count). The lowest BCUT2D eigenvalue weighted by Crippen LogP contribution is -2.09. The zero-order chi connectivity index (χ0) is 13.0. The van der Waals surface area contributed by atoms with Gasteiger partial charge in [0.05, 0.1) is 0 Å². The van der Waals surface area contributed by atoms with Crippen LogP contribution >= 0.6 is 0 Å². The number of pyridine rings is 1. The van der Waals surface area contributed by atoms with Crippen LogP contribution in [0, 0.1) is 6.92 Å². The Kier molecular flexibility index (Phi) is 3.95. The Balaban J connectivity index is 2.05. The molecule has 0 fully saturated rings. The van der Waals surface area contributed by atoms with Crippen molar-refractivity contribution < 1.29 is 0 Å². The average Bonchev–Trinajstić information content (AvgIpc) is 2.37. The van der Waals surface area contributed by atoms with Gasteiger partial charge in [-0.2, -0.15) is 0 Å². The monoisotopic (exact) mass is 241 g/mol. The first-order valence-corrected chi connectivity index (χ1v) is 6.18. The minimum atomic E-state index is 0.0284. The summed E-state index contributed by atoms with van der Waals surface area (Å²) in [6.07, 6.45) is 0. The van der Waals surface area contributed by atoms with Gasteiger partial charge >= 0.3 is 0 Å². The summed E-state index contributed by atoms with van der Waals surface area (Å²) in [6, 6.07) is 14.3. The van der Waals surface area contributed by atoms with E-state index in [1.54, 1.807) is 0 Å². The Bertz CT molecular complexity index is 506. The topological polar surface area (TPSA) is 50.9 Å². The van der Waals surface area contributed by atoms with E-state index in [0.717, 1.165) is 23.6 Å². The van der Waals surface area contributed by atoms with E-state index in [-0.39, 0.29) is 6.04 Å². The molecule has 0 bridgehead atoms. The van der Waals surface area contributed by atoms with Crippen LogP contribution in [0.1, 0.15) is 29.8 Å². The molecule has 0 radical (unpaired) electrons. The van der Waals surface area contributed by atoms with Crippen molar-refractivity contribution >= 4 is 5.82 Å². The molecule has 1 aromatic heterocycles. The molecule has 0 saturated carbocycles. The van der Waals surface area contributed by atoms with Crippen molar-refractivity contribution in [3.8, 4) is 0 Å². The fourth-order valence-corrected chi connectivity index (χ4v) is 1.94. The number of aromatic nitrogens is 1. The predicted molar refractivity (Wildman–Crippen MR) is 75.3 cm³/mol. The second kappa shape index (κ2) is 5.65. The van der Waals surface area contributed by atoms with Crippen LogP contribution in [0.3, 0.4) is 0 Å². The van der Waals surface area contributed by atoms with Crippen LogP contribution in [0.5, 0.6) is 0 Å². The van der Waals surface area contributed by atoms with E-state index >= 15 is 0 Å². The van der Waals surface area contributed by atoms with Crippen LogP contribution < -0.4 is 11.1 Å². The van der Waals surface area contributed by atoms with E-state index in [0.29, 0.717) is 0 Å². The van der Waals surface area contributed by atoms with Crippen molar-refractivity contribution in [2.75, 3.05) is 5.32 Å². The smallest absolute Gasteiger partial charge is 0.126 e. The number of aryl methyl sites for hydroxylation is 1. The maximum absolute atomic E-state index is 5.87. The van der Waals surface area contributed by atoms with E-state index in [1.165, 1.54) is 5.56 Å². The molecule has 0 saturated heterocycles. The fraction of sp³-hybridized carbons (Fsp3) is 0.267. The van der Waals surface area contributed by atoms with E-state index in [2.05, 4.69) is 22.4 Å². The predicted octanol–water partition coefficient (Wildman–Crippen LogP) is 3.02. The molecule has 0 spiro atoms. The van der Waals surface area contributed by atoms with Crippen molar-refractivity contribution in [3.05, 3.63) is 59.3 Å². The van der Waals surface area contributed by atoms with Gasteiger partial charge in [0.15, 0.2) is 0 Å². The Morgan fingerprint density at radius 3 is 2.50 bits per heavy atom. The molecule has 0 aliphatic carbocycles. The lowest BCUT2D eigenvalue weighted by molar-refractivity contribution is 0.799. The van der Waals surface area contributed by atoms with E-state index in [1.807, 2.05) is 44.2 Å². The third kappa shape index (κ3) is 3.08. The van der Waals surface area contributed by atoms with Gasteiger partial charge < -0.3 is 11.1 Å². The molecule has 1 heterocycles. The summed E-state index contributed by atoms with van der Waals surface area (Å²) in [6.45, 7) is 4.75. The summed E-state index contributed by atoms with van der Waals surface area (Å²) >= 11 is 0. The number of benzene rings is 1. The van der Waals surface area contributed by atoms with Crippen molar-refractivity contribution in [1.29, 1.82) is 0 Å². The molecule has 94 valence electrons.